The van der Waals surface area contributed by atoms with Gasteiger partial charge in [-0.3, -0.25) is 0 Å². The molecule has 0 amide bonds. The highest BCUT2D eigenvalue weighted by Crippen LogP contribution is 2.44. The van der Waals surface area contributed by atoms with Gasteiger partial charge in [0.2, 0.25) is 0 Å². The van der Waals surface area contributed by atoms with E-state index in [1.807, 2.05) is 72.8 Å². The first-order valence-electron chi connectivity index (χ1n) is 19.4. The van der Waals surface area contributed by atoms with Gasteiger partial charge in [-0.1, -0.05) is 60.1 Å². The smallest absolute Gasteiger partial charge is 0.133 e. The third-order valence-corrected chi connectivity index (χ3v) is 10.8. The summed E-state index contributed by atoms with van der Waals surface area (Å²) in [5.41, 5.74) is 0.775. The molecule has 3 unspecified atom stereocenters. The van der Waals surface area contributed by atoms with Crippen LogP contribution in [0.3, 0.4) is 0 Å². The van der Waals surface area contributed by atoms with Crippen molar-refractivity contribution in [2.24, 2.45) is 11.8 Å². The van der Waals surface area contributed by atoms with Crippen molar-refractivity contribution in [3.8, 4) is 11.5 Å². The number of benzene rings is 3. The lowest BCUT2D eigenvalue weighted by molar-refractivity contribution is -0.109. The zero-order valence-corrected chi connectivity index (χ0v) is 32.3. The van der Waals surface area contributed by atoms with E-state index >= 15 is 0 Å². The summed E-state index contributed by atoms with van der Waals surface area (Å²) in [6, 6.07) is 25.8. The second-order valence-corrected chi connectivity index (χ2v) is 14.6. The standard InChI is InChI=1S/C23H31NO3.C20H32ClNO3/c1-26-17-8-7-15-23(25,19-10-9-16-24-18-19)21-13-5-6-14-22(21)27-20-11-3-2-4-12-20;1-24-13-3-2-10-20(25-14-6-12-23,18-8-5-11-22-16-18)17-7-4-9-19(21)15-17/h2-6,11-14,19,24-25H,7-10,15-18H2,1H3;4,7,9,15,18,22-23H,2-3,5-6,8,10-14,16H2,1H3/t19?,23-;/m0./s1. The molecule has 0 aromatic heterocycles. The van der Waals surface area contributed by atoms with E-state index in [1.165, 1.54) is 0 Å². The molecule has 2 heterocycles. The van der Waals surface area contributed by atoms with Gasteiger partial charge in [0.1, 0.15) is 11.5 Å². The van der Waals surface area contributed by atoms with Crippen molar-refractivity contribution in [2.45, 2.75) is 81.8 Å². The van der Waals surface area contributed by atoms with Crippen molar-refractivity contribution < 1.29 is 29.2 Å². The van der Waals surface area contributed by atoms with Crippen LogP contribution in [0.2, 0.25) is 5.02 Å². The summed E-state index contributed by atoms with van der Waals surface area (Å²) in [7, 11) is 3.47. The summed E-state index contributed by atoms with van der Waals surface area (Å²) < 4.78 is 23.1. The van der Waals surface area contributed by atoms with E-state index in [1.54, 1.807) is 14.2 Å². The number of hydrogen-bond acceptors (Lipinski definition) is 8. The van der Waals surface area contributed by atoms with E-state index in [2.05, 4.69) is 16.7 Å². The van der Waals surface area contributed by atoms with Crippen molar-refractivity contribution in [3.63, 3.8) is 0 Å². The van der Waals surface area contributed by atoms with E-state index in [9.17, 15) is 10.2 Å². The quantitative estimate of drug-likeness (QED) is 0.0861. The highest BCUT2D eigenvalue weighted by atomic mass is 35.5. The molecule has 2 fully saturated rings. The van der Waals surface area contributed by atoms with Crippen molar-refractivity contribution in [1.82, 2.24) is 10.6 Å². The lowest BCUT2D eigenvalue weighted by Gasteiger charge is -2.43. The van der Waals surface area contributed by atoms with Gasteiger partial charge in [-0.2, -0.15) is 0 Å². The predicted octanol–water partition coefficient (Wildman–Crippen LogP) is 8.23. The van der Waals surface area contributed by atoms with Gasteiger partial charge in [-0.25, -0.2) is 0 Å². The van der Waals surface area contributed by atoms with E-state index in [0.717, 1.165) is 125 Å². The Balaban J connectivity index is 0.000000234. The van der Waals surface area contributed by atoms with Gasteiger partial charge in [0.15, 0.2) is 0 Å². The van der Waals surface area contributed by atoms with Crippen LogP contribution in [-0.2, 0) is 25.4 Å². The third-order valence-electron chi connectivity index (χ3n) is 10.5. The second kappa shape index (κ2) is 23.3. The predicted molar refractivity (Wildman–Crippen MR) is 210 cm³/mol. The average molecular weight is 739 g/mol. The number of ether oxygens (including phenoxy) is 4. The first-order valence-corrected chi connectivity index (χ1v) is 19.8. The van der Waals surface area contributed by atoms with Crippen LogP contribution in [0.4, 0.5) is 0 Å². The van der Waals surface area contributed by atoms with Gasteiger partial charge in [-0.15, -0.1) is 0 Å². The van der Waals surface area contributed by atoms with E-state index < -0.39 is 5.60 Å². The highest BCUT2D eigenvalue weighted by molar-refractivity contribution is 6.30. The van der Waals surface area contributed by atoms with Crippen molar-refractivity contribution >= 4 is 11.6 Å². The van der Waals surface area contributed by atoms with Gasteiger partial charge in [0.25, 0.3) is 0 Å². The second-order valence-electron chi connectivity index (χ2n) is 14.1. The van der Waals surface area contributed by atoms with Crippen molar-refractivity contribution in [2.75, 3.05) is 66.8 Å². The molecular formula is C43H63ClN2O6. The van der Waals surface area contributed by atoms with Crippen LogP contribution in [0.1, 0.15) is 81.8 Å². The van der Waals surface area contributed by atoms with E-state index in [4.69, 9.17) is 30.5 Å². The fourth-order valence-electron chi connectivity index (χ4n) is 7.80. The highest BCUT2D eigenvalue weighted by Gasteiger charge is 2.42. The van der Waals surface area contributed by atoms with Gasteiger partial charge < -0.3 is 39.8 Å². The van der Waals surface area contributed by atoms with Crippen molar-refractivity contribution in [1.29, 1.82) is 0 Å². The zero-order valence-electron chi connectivity index (χ0n) is 31.5. The Kier molecular flexibility index (Phi) is 18.9. The Morgan fingerprint density at radius 1 is 0.731 bits per heavy atom. The molecule has 0 radical (unpaired) electrons. The zero-order chi connectivity index (χ0) is 36.9. The fraction of sp³-hybridized carbons (Fsp3) is 0.581. The topological polar surface area (TPSA) is 101 Å². The average Bonchev–Trinajstić information content (AvgIpc) is 3.19. The van der Waals surface area contributed by atoms with Gasteiger partial charge >= 0.3 is 0 Å². The lowest BCUT2D eigenvalue weighted by Crippen LogP contribution is -2.46. The Hall–Kier alpha value is -2.53. The molecule has 0 aliphatic carbocycles. The molecular weight excluding hydrogens is 676 g/mol. The molecule has 9 heteroatoms. The number of aliphatic hydroxyl groups excluding tert-OH is 1. The first-order chi connectivity index (χ1) is 25.5. The monoisotopic (exact) mass is 738 g/mol. The molecule has 4 N–H and O–H groups in total. The van der Waals surface area contributed by atoms with Crippen LogP contribution in [0.15, 0.2) is 78.9 Å². The number of halogens is 1. The van der Waals surface area contributed by atoms with E-state index in [0.29, 0.717) is 25.4 Å². The summed E-state index contributed by atoms with van der Waals surface area (Å²) in [6.45, 7) is 6.09. The summed E-state index contributed by atoms with van der Waals surface area (Å²) in [4.78, 5) is 0. The number of nitrogens with one attached hydrogen (secondary N) is 2. The Morgan fingerprint density at radius 2 is 1.38 bits per heavy atom. The molecule has 288 valence electrons. The molecule has 8 nitrogen and oxygen atoms in total. The number of para-hydroxylation sites is 2. The Bertz CT molecular complexity index is 1390. The molecule has 3 aromatic carbocycles. The van der Waals surface area contributed by atoms with Crippen LogP contribution < -0.4 is 15.4 Å². The summed E-state index contributed by atoms with van der Waals surface area (Å²) in [5.74, 6) is 2.10. The summed E-state index contributed by atoms with van der Waals surface area (Å²) in [5, 5.41) is 28.8. The van der Waals surface area contributed by atoms with Crippen LogP contribution in [0, 0.1) is 11.8 Å². The lowest BCUT2D eigenvalue weighted by atomic mass is 9.74. The number of rotatable bonds is 20. The molecule has 2 aliphatic rings. The molecule has 52 heavy (non-hydrogen) atoms. The maximum atomic E-state index is 11.9. The molecule has 0 spiro atoms. The third kappa shape index (κ3) is 12.5. The molecule has 3 aromatic rings. The van der Waals surface area contributed by atoms with Gasteiger partial charge in [0.05, 0.1) is 11.2 Å². The van der Waals surface area contributed by atoms with E-state index in [-0.39, 0.29) is 18.1 Å². The number of unbranched alkanes of at least 4 members (excludes halogenated alkanes) is 2. The normalized spacial score (nSPS) is 19.9. The Morgan fingerprint density at radius 3 is 2.02 bits per heavy atom. The fourth-order valence-corrected chi connectivity index (χ4v) is 7.99. The molecule has 4 atom stereocenters. The number of piperidine rings is 2. The number of aliphatic hydroxyl groups is 2. The molecule has 2 saturated heterocycles. The van der Waals surface area contributed by atoms with Crippen LogP contribution in [0.25, 0.3) is 0 Å². The Labute approximate surface area is 317 Å². The van der Waals surface area contributed by atoms with Crippen molar-refractivity contribution in [3.05, 3.63) is 95.0 Å². The SMILES string of the molecule is COCCCCC(OCCCO)(c1cccc(Cl)c1)C1CCCNC1.COCCCC[C@@](O)(c1ccccc1Oc1ccccc1)C1CCCNC1. The number of hydrogen-bond donors (Lipinski definition) is 4. The van der Waals surface area contributed by atoms with Crippen LogP contribution >= 0.6 is 11.6 Å². The van der Waals surface area contributed by atoms with Crippen LogP contribution in [0.5, 0.6) is 11.5 Å². The summed E-state index contributed by atoms with van der Waals surface area (Å²) in [6.07, 6.45) is 10.6. The minimum Gasteiger partial charge on any atom is -0.457 e. The van der Waals surface area contributed by atoms with Gasteiger partial charge in [-0.05, 0) is 120 Å². The number of methoxy groups -OCH3 is 2. The maximum Gasteiger partial charge on any atom is 0.133 e. The largest absolute Gasteiger partial charge is 0.457 e. The minimum atomic E-state index is -0.910. The molecule has 0 saturated carbocycles. The molecule has 2 aliphatic heterocycles. The minimum absolute atomic E-state index is 0.151. The maximum absolute atomic E-state index is 11.9. The molecule has 0 bridgehead atoms. The first kappa shape index (κ1) is 42.2. The molecule has 5 rings (SSSR count). The van der Waals surface area contributed by atoms with Gasteiger partial charge in [0, 0.05) is 76.2 Å². The van der Waals surface area contributed by atoms with Crippen LogP contribution in [-0.4, -0.2) is 77.0 Å². The summed E-state index contributed by atoms with van der Waals surface area (Å²) >= 11 is 6.30.